The van der Waals surface area contributed by atoms with Crippen molar-refractivity contribution in [2.75, 3.05) is 12.3 Å². The standard InChI is InChI=1S/C10H16N2S2/c1-8(9-2-3-9)11-4-6-13-10-12-5-7-14-10/h5,7-9,11H,2-4,6H2,1H3. The van der Waals surface area contributed by atoms with Gasteiger partial charge in [-0.05, 0) is 25.7 Å². The fraction of sp³-hybridized carbons (Fsp3) is 0.700. The molecule has 0 saturated heterocycles. The average molecular weight is 228 g/mol. The van der Waals surface area contributed by atoms with Crippen molar-refractivity contribution in [1.29, 1.82) is 0 Å². The SMILES string of the molecule is CC(NCCSc1nccs1)C1CC1. The molecule has 0 aromatic carbocycles. The molecule has 4 heteroatoms. The number of nitrogens with zero attached hydrogens (tertiary/aromatic N) is 1. The quantitative estimate of drug-likeness (QED) is 0.598. The second kappa shape index (κ2) is 5.14. The maximum Gasteiger partial charge on any atom is 0.149 e. The average Bonchev–Trinajstić information content (AvgIpc) is 2.92. The maximum absolute atomic E-state index is 4.23. The highest BCUT2D eigenvalue weighted by Crippen LogP contribution is 2.32. The molecule has 1 fully saturated rings. The van der Waals surface area contributed by atoms with Crippen molar-refractivity contribution in [2.24, 2.45) is 5.92 Å². The second-order valence-electron chi connectivity index (χ2n) is 3.73. The minimum absolute atomic E-state index is 0.715. The minimum atomic E-state index is 0.715. The highest BCUT2D eigenvalue weighted by Gasteiger charge is 2.27. The van der Waals surface area contributed by atoms with E-state index >= 15 is 0 Å². The molecule has 1 aromatic heterocycles. The molecule has 0 amide bonds. The highest BCUT2D eigenvalue weighted by molar-refractivity contribution is 8.01. The number of thioether (sulfide) groups is 1. The van der Waals surface area contributed by atoms with Crippen molar-refractivity contribution in [1.82, 2.24) is 10.3 Å². The first kappa shape index (κ1) is 10.5. The van der Waals surface area contributed by atoms with Crippen molar-refractivity contribution in [3.8, 4) is 0 Å². The largest absolute Gasteiger partial charge is 0.313 e. The first-order valence-electron chi connectivity index (χ1n) is 5.12. The van der Waals surface area contributed by atoms with Gasteiger partial charge in [-0.2, -0.15) is 0 Å². The zero-order chi connectivity index (χ0) is 9.80. The van der Waals surface area contributed by atoms with Crippen LogP contribution >= 0.6 is 23.1 Å². The van der Waals surface area contributed by atoms with Crippen LogP contribution in [0.1, 0.15) is 19.8 Å². The lowest BCUT2D eigenvalue weighted by Gasteiger charge is -2.11. The molecule has 0 spiro atoms. The van der Waals surface area contributed by atoms with Gasteiger partial charge in [-0.1, -0.05) is 11.8 Å². The molecular weight excluding hydrogens is 212 g/mol. The third-order valence-corrected chi connectivity index (χ3v) is 4.50. The zero-order valence-electron chi connectivity index (χ0n) is 8.40. The van der Waals surface area contributed by atoms with Crippen molar-refractivity contribution in [2.45, 2.75) is 30.1 Å². The second-order valence-corrected chi connectivity index (χ2v) is 5.96. The van der Waals surface area contributed by atoms with Crippen LogP contribution in [-0.4, -0.2) is 23.3 Å². The van der Waals surface area contributed by atoms with Gasteiger partial charge in [0.05, 0.1) is 0 Å². The van der Waals surface area contributed by atoms with Gasteiger partial charge < -0.3 is 5.32 Å². The molecule has 1 aliphatic rings. The summed E-state index contributed by atoms with van der Waals surface area (Å²) in [5.74, 6) is 2.09. The normalized spacial score (nSPS) is 18.4. The van der Waals surface area contributed by atoms with Crippen LogP contribution in [0.5, 0.6) is 0 Å². The third kappa shape index (κ3) is 3.26. The number of rotatable bonds is 6. The Morgan fingerprint density at radius 2 is 2.57 bits per heavy atom. The molecule has 2 nitrogen and oxygen atoms in total. The Kier molecular flexibility index (Phi) is 3.84. The molecule has 1 saturated carbocycles. The van der Waals surface area contributed by atoms with E-state index in [1.807, 2.05) is 23.3 Å². The van der Waals surface area contributed by atoms with Gasteiger partial charge in [-0.3, -0.25) is 0 Å². The van der Waals surface area contributed by atoms with E-state index in [0.717, 1.165) is 18.2 Å². The Balaban J connectivity index is 1.54. The Bertz CT molecular complexity index is 257. The topological polar surface area (TPSA) is 24.9 Å². The van der Waals surface area contributed by atoms with Crippen molar-refractivity contribution >= 4 is 23.1 Å². The molecule has 0 aliphatic heterocycles. The molecule has 0 bridgehead atoms. The molecule has 1 aromatic rings. The molecular formula is C10H16N2S2. The molecule has 1 N–H and O–H groups in total. The number of aromatic nitrogens is 1. The molecule has 1 atom stereocenters. The minimum Gasteiger partial charge on any atom is -0.313 e. The fourth-order valence-corrected chi connectivity index (χ4v) is 3.05. The summed E-state index contributed by atoms with van der Waals surface area (Å²) in [4.78, 5) is 4.23. The number of hydrogen-bond donors (Lipinski definition) is 1. The summed E-state index contributed by atoms with van der Waals surface area (Å²) < 4.78 is 1.19. The van der Waals surface area contributed by atoms with Crippen molar-refractivity contribution in [3.05, 3.63) is 11.6 Å². The van der Waals surface area contributed by atoms with E-state index in [-0.39, 0.29) is 0 Å². The van der Waals surface area contributed by atoms with Gasteiger partial charge in [0.25, 0.3) is 0 Å². The van der Waals surface area contributed by atoms with Crippen molar-refractivity contribution < 1.29 is 0 Å². The predicted molar refractivity (Wildman–Crippen MR) is 63.0 cm³/mol. The van der Waals surface area contributed by atoms with Crippen LogP contribution < -0.4 is 5.32 Å². The van der Waals surface area contributed by atoms with Gasteiger partial charge in [0.15, 0.2) is 0 Å². The number of nitrogens with one attached hydrogen (secondary N) is 1. The lowest BCUT2D eigenvalue weighted by molar-refractivity contribution is 0.514. The Hall–Kier alpha value is -0.0600. The maximum atomic E-state index is 4.23. The molecule has 78 valence electrons. The number of hydrogen-bond acceptors (Lipinski definition) is 4. The summed E-state index contributed by atoms with van der Waals surface area (Å²) in [7, 11) is 0. The predicted octanol–water partition coefficient (Wildman–Crippen LogP) is 2.62. The van der Waals surface area contributed by atoms with E-state index in [1.54, 1.807) is 11.3 Å². The van der Waals surface area contributed by atoms with E-state index in [2.05, 4.69) is 17.2 Å². The van der Waals surface area contributed by atoms with Gasteiger partial charge in [-0.15, -0.1) is 11.3 Å². The van der Waals surface area contributed by atoms with E-state index in [4.69, 9.17) is 0 Å². The fourth-order valence-electron chi connectivity index (χ4n) is 1.47. The van der Waals surface area contributed by atoms with E-state index in [1.165, 1.54) is 17.2 Å². The first-order chi connectivity index (χ1) is 6.86. The first-order valence-corrected chi connectivity index (χ1v) is 6.98. The Labute approximate surface area is 93.5 Å². The van der Waals surface area contributed by atoms with Gasteiger partial charge in [0.1, 0.15) is 4.34 Å². The van der Waals surface area contributed by atoms with E-state index < -0.39 is 0 Å². The number of thiazole rings is 1. The zero-order valence-corrected chi connectivity index (χ0v) is 10.0. The molecule has 1 aliphatic carbocycles. The van der Waals surface area contributed by atoms with Crippen molar-refractivity contribution in [3.63, 3.8) is 0 Å². The summed E-state index contributed by atoms with van der Waals surface area (Å²) >= 11 is 3.57. The van der Waals surface area contributed by atoms with Gasteiger partial charge in [-0.25, -0.2) is 4.98 Å². The van der Waals surface area contributed by atoms with E-state index in [0.29, 0.717) is 6.04 Å². The third-order valence-electron chi connectivity index (χ3n) is 2.53. The van der Waals surface area contributed by atoms with Crippen LogP contribution in [0.25, 0.3) is 0 Å². The monoisotopic (exact) mass is 228 g/mol. The van der Waals surface area contributed by atoms with Crippen LogP contribution in [0.3, 0.4) is 0 Å². The molecule has 1 heterocycles. The van der Waals surface area contributed by atoms with E-state index in [9.17, 15) is 0 Å². The summed E-state index contributed by atoms with van der Waals surface area (Å²) in [5, 5.41) is 5.59. The van der Waals surface area contributed by atoms with Crippen LogP contribution in [0, 0.1) is 5.92 Å². The lowest BCUT2D eigenvalue weighted by atomic mass is 10.2. The Morgan fingerprint density at radius 1 is 1.71 bits per heavy atom. The Morgan fingerprint density at radius 3 is 3.21 bits per heavy atom. The van der Waals surface area contributed by atoms with Crippen LogP contribution in [0.4, 0.5) is 0 Å². The van der Waals surface area contributed by atoms with Crippen LogP contribution in [-0.2, 0) is 0 Å². The molecule has 2 rings (SSSR count). The lowest BCUT2D eigenvalue weighted by Crippen LogP contribution is -2.29. The summed E-state index contributed by atoms with van der Waals surface area (Å²) in [5.41, 5.74) is 0. The molecule has 14 heavy (non-hydrogen) atoms. The summed E-state index contributed by atoms with van der Waals surface area (Å²) in [6, 6.07) is 0.715. The molecule has 1 unspecified atom stereocenters. The van der Waals surface area contributed by atoms with Crippen LogP contribution in [0.15, 0.2) is 15.9 Å². The summed E-state index contributed by atoms with van der Waals surface area (Å²) in [6.45, 7) is 3.40. The smallest absolute Gasteiger partial charge is 0.149 e. The van der Waals surface area contributed by atoms with Gasteiger partial charge in [0, 0.05) is 29.9 Å². The van der Waals surface area contributed by atoms with Crippen LogP contribution in [0.2, 0.25) is 0 Å². The van der Waals surface area contributed by atoms with Gasteiger partial charge >= 0.3 is 0 Å². The van der Waals surface area contributed by atoms with Gasteiger partial charge in [0.2, 0.25) is 0 Å². The summed E-state index contributed by atoms with van der Waals surface area (Å²) in [6.07, 6.45) is 4.72. The molecule has 0 radical (unpaired) electrons. The highest BCUT2D eigenvalue weighted by atomic mass is 32.2.